The first-order valence-corrected chi connectivity index (χ1v) is 19.4. The second-order valence-electron chi connectivity index (χ2n) is 16.1. The third-order valence-electron chi connectivity index (χ3n) is 12.3. The number of hydrogen-bond donors (Lipinski definition) is 0. The molecule has 0 N–H and O–H groups in total. The largest absolute Gasteiger partial charge is 0.310 e. The third-order valence-corrected chi connectivity index (χ3v) is 12.3. The minimum absolute atomic E-state index is 0.135. The molecule has 0 unspecified atom stereocenters. The molecule has 0 amide bonds. The van der Waals surface area contributed by atoms with Gasteiger partial charge in [-0.25, -0.2) is 0 Å². The number of rotatable bonds is 6. The van der Waals surface area contributed by atoms with Crippen LogP contribution >= 0.6 is 0 Å². The SMILES string of the molecule is CC1(C)c2ccccc2-c2ccc(N(c3ccc4c(c3)C(C)(C)c3ccccc3-4)c3cccc(-c4ccccc4)c3-c3ccccc3-c3ccccc3)cc21. The molecule has 1 nitrogen and oxygen atoms in total. The molecule has 0 atom stereocenters. The molecule has 0 bridgehead atoms. The second kappa shape index (κ2) is 12.6. The molecular weight excluding hydrogens is 663 g/mol. The van der Waals surface area contributed by atoms with Crippen LogP contribution in [-0.2, 0) is 10.8 Å². The van der Waals surface area contributed by atoms with Crippen molar-refractivity contribution in [1.29, 1.82) is 0 Å². The molecule has 0 fully saturated rings. The molecule has 0 radical (unpaired) electrons. The molecule has 8 aromatic rings. The van der Waals surface area contributed by atoms with Crippen LogP contribution in [0, 0.1) is 0 Å². The van der Waals surface area contributed by atoms with Crippen LogP contribution in [0.15, 0.2) is 188 Å². The average Bonchev–Trinajstić information content (AvgIpc) is 3.60. The Morgan fingerprint density at radius 3 is 1.24 bits per heavy atom. The number of fused-ring (bicyclic) bond motifs is 6. The predicted octanol–water partition coefficient (Wildman–Crippen LogP) is 14.8. The van der Waals surface area contributed by atoms with Crippen molar-refractivity contribution in [2.24, 2.45) is 0 Å². The van der Waals surface area contributed by atoms with Gasteiger partial charge in [-0.2, -0.15) is 0 Å². The zero-order valence-corrected chi connectivity index (χ0v) is 31.8. The highest BCUT2D eigenvalue weighted by Crippen LogP contribution is 2.55. The van der Waals surface area contributed by atoms with Gasteiger partial charge in [0.1, 0.15) is 0 Å². The first kappa shape index (κ1) is 33.2. The van der Waals surface area contributed by atoms with E-state index >= 15 is 0 Å². The van der Waals surface area contributed by atoms with E-state index in [2.05, 4.69) is 221 Å². The Bertz CT molecular complexity index is 2650. The van der Waals surface area contributed by atoms with Gasteiger partial charge in [-0.15, -0.1) is 0 Å². The van der Waals surface area contributed by atoms with Crippen molar-refractivity contribution in [2.75, 3.05) is 4.90 Å². The summed E-state index contributed by atoms with van der Waals surface area (Å²) in [4.78, 5) is 2.53. The van der Waals surface area contributed by atoms with Gasteiger partial charge < -0.3 is 4.90 Å². The molecule has 0 spiro atoms. The van der Waals surface area contributed by atoms with E-state index in [9.17, 15) is 0 Å². The first-order valence-electron chi connectivity index (χ1n) is 19.4. The molecule has 10 rings (SSSR count). The van der Waals surface area contributed by atoms with E-state index in [-0.39, 0.29) is 10.8 Å². The standard InChI is InChI=1S/C54H43N/c1-53(2)47-27-15-13-23-42(47)44-32-30-38(34-49(44)53)55(39-31-33-45-43-24-14-16-28-48(43)54(3,4)50(45)35-39)51-29-17-26-41(37-20-9-6-10-21-37)52(51)46-25-12-11-22-40(46)36-18-7-5-8-19-36/h5-35H,1-4H3. The molecule has 0 heterocycles. The normalized spacial score (nSPS) is 14.1. The molecule has 264 valence electrons. The van der Waals surface area contributed by atoms with Crippen LogP contribution < -0.4 is 4.90 Å². The molecule has 0 saturated carbocycles. The Kier molecular flexibility index (Phi) is 7.58. The summed E-state index contributed by atoms with van der Waals surface area (Å²) in [5, 5.41) is 0. The first-order chi connectivity index (χ1) is 26.8. The molecule has 2 aliphatic rings. The van der Waals surface area contributed by atoms with Gasteiger partial charge >= 0.3 is 0 Å². The van der Waals surface area contributed by atoms with E-state index < -0.39 is 0 Å². The summed E-state index contributed by atoms with van der Waals surface area (Å²) in [7, 11) is 0. The van der Waals surface area contributed by atoms with E-state index in [1.165, 1.54) is 77.9 Å². The van der Waals surface area contributed by atoms with Crippen molar-refractivity contribution in [3.8, 4) is 55.6 Å². The molecule has 1 heteroatoms. The highest BCUT2D eigenvalue weighted by atomic mass is 15.1. The summed E-state index contributed by atoms with van der Waals surface area (Å²) in [6.45, 7) is 9.49. The van der Waals surface area contributed by atoms with Crippen LogP contribution in [0.2, 0.25) is 0 Å². The summed E-state index contributed by atoms with van der Waals surface area (Å²) in [6.07, 6.45) is 0. The molecule has 0 saturated heterocycles. The molecule has 8 aromatic carbocycles. The fourth-order valence-electron chi connectivity index (χ4n) is 9.53. The monoisotopic (exact) mass is 705 g/mol. The summed E-state index contributed by atoms with van der Waals surface area (Å²) >= 11 is 0. The highest BCUT2D eigenvalue weighted by molar-refractivity contribution is 6.01. The third kappa shape index (κ3) is 5.14. The van der Waals surface area contributed by atoms with Crippen LogP contribution in [0.3, 0.4) is 0 Å². The molecular formula is C54H43N. The van der Waals surface area contributed by atoms with Crippen LogP contribution in [0.5, 0.6) is 0 Å². The Balaban J connectivity index is 1.27. The zero-order valence-electron chi connectivity index (χ0n) is 31.8. The summed E-state index contributed by atoms with van der Waals surface area (Å²) in [5.41, 5.74) is 21.2. The lowest BCUT2D eigenvalue weighted by molar-refractivity contribution is 0.660. The Morgan fingerprint density at radius 1 is 0.309 bits per heavy atom. The van der Waals surface area contributed by atoms with Crippen LogP contribution in [0.1, 0.15) is 49.9 Å². The predicted molar refractivity (Wildman–Crippen MR) is 233 cm³/mol. The van der Waals surface area contributed by atoms with Gasteiger partial charge in [-0.05, 0) is 103 Å². The van der Waals surface area contributed by atoms with Crippen molar-refractivity contribution in [1.82, 2.24) is 0 Å². The van der Waals surface area contributed by atoms with E-state index in [0.29, 0.717) is 0 Å². The van der Waals surface area contributed by atoms with Gasteiger partial charge in [0.05, 0.1) is 5.69 Å². The average molecular weight is 706 g/mol. The second-order valence-corrected chi connectivity index (χ2v) is 16.1. The smallest absolute Gasteiger partial charge is 0.0546 e. The molecule has 0 aromatic heterocycles. The van der Waals surface area contributed by atoms with E-state index in [4.69, 9.17) is 0 Å². The fourth-order valence-corrected chi connectivity index (χ4v) is 9.53. The zero-order chi connectivity index (χ0) is 37.3. The van der Waals surface area contributed by atoms with Gasteiger partial charge in [-0.3, -0.25) is 0 Å². The Hall–Kier alpha value is -6.44. The minimum atomic E-state index is -0.135. The summed E-state index contributed by atoms with van der Waals surface area (Å²) < 4.78 is 0. The topological polar surface area (TPSA) is 3.24 Å². The van der Waals surface area contributed by atoms with E-state index in [0.717, 1.165) is 17.1 Å². The maximum Gasteiger partial charge on any atom is 0.0546 e. The Labute approximate surface area is 325 Å². The highest BCUT2D eigenvalue weighted by Gasteiger charge is 2.38. The molecule has 2 aliphatic carbocycles. The quantitative estimate of drug-likeness (QED) is 0.166. The van der Waals surface area contributed by atoms with E-state index in [1.54, 1.807) is 0 Å². The summed E-state index contributed by atoms with van der Waals surface area (Å²) in [5.74, 6) is 0. The van der Waals surface area contributed by atoms with Gasteiger partial charge in [0.2, 0.25) is 0 Å². The maximum atomic E-state index is 2.53. The van der Waals surface area contributed by atoms with Gasteiger partial charge in [0.15, 0.2) is 0 Å². The van der Waals surface area contributed by atoms with Crippen molar-refractivity contribution in [3.63, 3.8) is 0 Å². The minimum Gasteiger partial charge on any atom is -0.310 e. The number of nitrogens with zero attached hydrogens (tertiary/aromatic N) is 1. The van der Waals surface area contributed by atoms with Crippen LogP contribution in [0.4, 0.5) is 17.1 Å². The van der Waals surface area contributed by atoms with Crippen molar-refractivity contribution >= 4 is 17.1 Å². The van der Waals surface area contributed by atoms with Gasteiger partial charge in [0.25, 0.3) is 0 Å². The van der Waals surface area contributed by atoms with E-state index in [1.807, 2.05) is 0 Å². The van der Waals surface area contributed by atoms with Gasteiger partial charge in [0, 0.05) is 27.8 Å². The lowest BCUT2D eigenvalue weighted by Gasteiger charge is -2.32. The number of benzene rings is 8. The lowest BCUT2D eigenvalue weighted by atomic mass is 9.82. The van der Waals surface area contributed by atoms with Crippen molar-refractivity contribution < 1.29 is 0 Å². The van der Waals surface area contributed by atoms with Crippen molar-refractivity contribution in [2.45, 2.75) is 38.5 Å². The Morgan fingerprint density at radius 2 is 0.709 bits per heavy atom. The molecule has 0 aliphatic heterocycles. The van der Waals surface area contributed by atoms with Crippen LogP contribution in [0.25, 0.3) is 55.6 Å². The van der Waals surface area contributed by atoms with Gasteiger partial charge in [-0.1, -0.05) is 185 Å². The summed E-state index contributed by atoms with van der Waals surface area (Å²) in [6, 6.07) is 69.6. The number of hydrogen-bond acceptors (Lipinski definition) is 1. The molecule has 55 heavy (non-hydrogen) atoms. The van der Waals surface area contributed by atoms with Crippen molar-refractivity contribution in [3.05, 3.63) is 210 Å². The number of anilines is 3. The van der Waals surface area contributed by atoms with Crippen LogP contribution in [-0.4, -0.2) is 0 Å². The maximum absolute atomic E-state index is 2.53. The fraction of sp³-hybridized carbons (Fsp3) is 0.111. The lowest BCUT2D eigenvalue weighted by Crippen LogP contribution is -2.18.